The Kier molecular flexibility index (Phi) is 6.26. The number of methoxy groups -OCH3 is 2. The second kappa shape index (κ2) is 8.55. The molecule has 1 saturated heterocycles. The van der Waals surface area contributed by atoms with Gasteiger partial charge in [-0.2, -0.15) is 13.2 Å². The number of halogens is 3. The van der Waals surface area contributed by atoms with Crippen molar-refractivity contribution in [2.75, 3.05) is 34.4 Å². The third kappa shape index (κ3) is 4.23. The maximum Gasteiger partial charge on any atom is 0.420 e. The summed E-state index contributed by atoms with van der Waals surface area (Å²) in [5, 5.41) is 3.08. The fraction of sp³-hybridized carbons (Fsp3) is 0.409. The number of carbonyl (C=O) groups is 1. The smallest absolute Gasteiger partial charge is 0.420 e. The van der Waals surface area contributed by atoms with Gasteiger partial charge in [0.15, 0.2) is 11.5 Å². The number of nitrogens with zero attached hydrogens (tertiary/aromatic N) is 1. The summed E-state index contributed by atoms with van der Waals surface area (Å²) >= 11 is 0. The first-order valence-corrected chi connectivity index (χ1v) is 9.60. The number of hydrogen-bond acceptors (Lipinski definition) is 4. The molecule has 1 N–H and O–H groups in total. The number of rotatable bonds is 5. The average Bonchev–Trinajstić information content (AvgIpc) is 2.72. The number of nitrogens with one attached hydrogen (secondary N) is 1. The summed E-state index contributed by atoms with van der Waals surface area (Å²) in [5.74, 6) is -1.26. The Labute approximate surface area is 173 Å². The zero-order valence-electron chi connectivity index (χ0n) is 17.2. The van der Waals surface area contributed by atoms with Gasteiger partial charge < -0.3 is 19.7 Å². The fourth-order valence-electron chi connectivity index (χ4n) is 4.09. The third-order valence-corrected chi connectivity index (χ3v) is 5.43. The van der Waals surface area contributed by atoms with Crippen molar-refractivity contribution in [1.29, 1.82) is 0 Å². The van der Waals surface area contributed by atoms with E-state index in [1.54, 1.807) is 0 Å². The molecule has 1 amide bonds. The van der Waals surface area contributed by atoms with Crippen LogP contribution in [0, 0.1) is 0 Å². The van der Waals surface area contributed by atoms with Crippen molar-refractivity contribution in [3.05, 3.63) is 59.2 Å². The van der Waals surface area contributed by atoms with Crippen LogP contribution in [0.3, 0.4) is 0 Å². The monoisotopic (exact) mass is 422 g/mol. The van der Waals surface area contributed by atoms with Crippen LogP contribution in [0.2, 0.25) is 0 Å². The normalized spacial score (nSPS) is 19.9. The number of piperidine rings is 1. The molecule has 30 heavy (non-hydrogen) atoms. The van der Waals surface area contributed by atoms with Crippen LogP contribution in [0.15, 0.2) is 42.5 Å². The molecule has 5 nitrogen and oxygen atoms in total. The highest BCUT2D eigenvalue weighted by molar-refractivity contribution is 5.98. The molecule has 1 aliphatic rings. The largest absolute Gasteiger partial charge is 0.492 e. The molecule has 1 aliphatic heterocycles. The molecule has 3 rings (SSSR count). The highest BCUT2D eigenvalue weighted by Crippen LogP contribution is 2.43. The summed E-state index contributed by atoms with van der Waals surface area (Å²) in [7, 11) is 4.32. The molecule has 1 unspecified atom stereocenters. The van der Waals surface area contributed by atoms with Crippen LogP contribution in [0.5, 0.6) is 11.5 Å². The Bertz CT molecular complexity index is 902. The van der Waals surface area contributed by atoms with Gasteiger partial charge in [0.1, 0.15) is 5.56 Å². The second-order valence-corrected chi connectivity index (χ2v) is 7.47. The number of alkyl halides is 3. The molecule has 1 fully saturated rings. The van der Waals surface area contributed by atoms with Gasteiger partial charge in [-0.15, -0.1) is 0 Å². The molecule has 2 aromatic rings. The van der Waals surface area contributed by atoms with Gasteiger partial charge in [-0.1, -0.05) is 30.3 Å². The Hall–Kier alpha value is -2.74. The zero-order valence-corrected chi connectivity index (χ0v) is 17.2. The molecular formula is C22H25F3N2O3. The van der Waals surface area contributed by atoms with E-state index in [1.165, 1.54) is 7.11 Å². The van der Waals surface area contributed by atoms with Crippen LogP contribution in [0.1, 0.15) is 34.3 Å². The second-order valence-electron chi connectivity index (χ2n) is 7.47. The predicted molar refractivity (Wildman–Crippen MR) is 107 cm³/mol. The topological polar surface area (TPSA) is 50.8 Å². The number of likely N-dealkylation sites (tertiary alicyclic amines) is 1. The Morgan fingerprint density at radius 1 is 1.07 bits per heavy atom. The number of amides is 1. The predicted octanol–water partition coefficient (Wildman–Crippen LogP) is 4.07. The lowest BCUT2D eigenvalue weighted by molar-refractivity contribution is -0.138. The minimum atomic E-state index is -4.63. The van der Waals surface area contributed by atoms with Crippen molar-refractivity contribution in [3.8, 4) is 11.5 Å². The lowest BCUT2D eigenvalue weighted by atomic mass is 9.82. The Balaban J connectivity index is 2.03. The molecule has 0 radical (unpaired) electrons. The van der Waals surface area contributed by atoms with E-state index in [0.717, 1.165) is 37.8 Å². The standard InChI is InChI=1S/C22H25F3N2O3/c1-27-13-7-12-21(14-27,15-8-5-4-6-9-15)26-20(28)16-10-11-17(22(23,24)25)19(30-3)18(16)29-2/h4-6,8-11H,7,12-14H2,1-3H3,(H,26,28). The van der Waals surface area contributed by atoms with E-state index >= 15 is 0 Å². The van der Waals surface area contributed by atoms with Gasteiger partial charge in [0, 0.05) is 6.54 Å². The minimum absolute atomic E-state index is 0.00844. The SMILES string of the molecule is COc1c(C(=O)NC2(c3ccccc3)CCCN(C)C2)ccc(C(F)(F)F)c1OC. The maximum atomic E-state index is 13.3. The molecule has 1 heterocycles. The van der Waals surface area contributed by atoms with Crippen molar-refractivity contribution >= 4 is 5.91 Å². The fourth-order valence-corrected chi connectivity index (χ4v) is 4.09. The molecule has 0 aliphatic carbocycles. The van der Waals surface area contributed by atoms with Crippen molar-refractivity contribution in [2.45, 2.75) is 24.6 Å². The number of benzene rings is 2. The summed E-state index contributed by atoms with van der Waals surface area (Å²) in [4.78, 5) is 15.4. The van der Waals surface area contributed by atoms with Gasteiger partial charge in [0.2, 0.25) is 0 Å². The minimum Gasteiger partial charge on any atom is -0.492 e. The van der Waals surface area contributed by atoms with Crippen molar-refractivity contribution < 1.29 is 27.4 Å². The lowest BCUT2D eigenvalue weighted by Gasteiger charge is -2.42. The summed E-state index contributed by atoms with van der Waals surface area (Å²) < 4.78 is 50.2. The van der Waals surface area contributed by atoms with Crippen LogP contribution >= 0.6 is 0 Å². The summed E-state index contributed by atoms with van der Waals surface area (Å²) in [6.07, 6.45) is -3.04. The average molecular weight is 422 g/mol. The summed E-state index contributed by atoms with van der Waals surface area (Å²) in [6.45, 7) is 1.49. The molecule has 162 valence electrons. The van der Waals surface area contributed by atoms with Gasteiger partial charge >= 0.3 is 6.18 Å². The van der Waals surface area contributed by atoms with Crippen molar-refractivity contribution in [3.63, 3.8) is 0 Å². The molecule has 8 heteroatoms. The van der Waals surface area contributed by atoms with Gasteiger partial charge in [-0.3, -0.25) is 4.79 Å². The first-order chi connectivity index (χ1) is 14.2. The quantitative estimate of drug-likeness (QED) is 0.789. The van der Waals surface area contributed by atoms with Crippen molar-refractivity contribution in [2.24, 2.45) is 0 Å². The zero-order chi connectivity index (χ0) is 21.9. The Morgan fingerprint density at radius 2 is 1.73 bits per heavy atom. The molecule has 0 spiro atoms. The highest BCUT2D eigenvalue weighted by Gasteiger charge is 2.40. The van der Waals surface area contributed by atoms with E-state index in [4.69, 9.17) is 9.47 Å². The van der Waals surface area contributed by atoms with E-state index < -0.39 is 28.9 Å². The molecule has 0 aromatic heterocycles. The van der Waals surface area contributed by atoms with Gasteiger partial charge in [-0.05, 0) is 44.1 Å². The number of carbonyl (C=O) groups excluding carboxylic acids is 1. The highest BCUT2D eigenvalue weighted by atomic mass is 19.4. The first kappa shape index (κ1) is 22.0. The van der Waals surface area contributed by atoms with Crippen molar-refractivity contribution in [1.82, 2.24) is 10.2 Å². The van der Waals surface area contributed by atoms with Crippen LogP contribution in [-0.4, -0.2) is 45.2 Å². The summed E-state index contributed by atoms with van der Waals surface area (Å²) in [5.41, 5.74) is -0.714. The Morgan fingerprint density at radius 3 is 2.30 bits per heavy atom. The van der Waals surface area contributed by atoms with Crippen LogP contribution < -0.4 is 14.8 Å². The summed E-state index contributed by atoms with van der Waals surface area (Å²) in [6, 6.07) is 11.6. The molecule has 0 saturated carbocycles. The van der Waals surface area contributed by atoms with E-state index in [0.29, 0.717) is 13.0 Å². The van der Waals surface area contributed by atoms with Gasteiger partial charge in [-0.25, -0.2) is 0 Å². The molecule has 0 bridgehead atoms. The third-order valence-electron chi connectivity index (χ3n) is 5.43. The van der Waals surface area contributed by atoms with Gasteiger partial charge in [0.05, 0.1) is 25.3 Å². The lowest BCUT2D eigenvalue weighted by Crippen LogP contribution is -2.55. The van der Waals surface area contributed by atoms with E-state index in [9.17, 15) is 18.0 Å². The van der Waals surface area contributed by atoms with Gasteiger partial charge in [0.25, 0.3) is 5.91 Å². The number of hydrogen-bond donors (Lipinski definition) is 1. The van der Waals surface area contributed by atoms with Crippen LogP contribution in [0.4, 0.5) is 13.2 Å². The first-order valence-electron chi connectivity index (χ1n) is 9.60. The molecule has 1 atom stereocenters. The van der Waals surface area contributed by atoms with E-state index in [-0.39, 0.29) is 11.3 Å². The van der Waals surface area contributed by atoms with Crippen LogP contribution in [0.25, 0.3) is 0 Å². The molecule has 2 aromatic carbocycles. The molecular weight excluding hydrogens is 397 g/mol. The number of likely N-dealkylation sites (N-methyl/N-ethyl adjacent to an activating group) is 1. The number of ether oxygens (including phenoxy) is 2. The maximum absolute atomic E-state index is 13.3. The van der Waals surface area contributed by atoms with E-state index in [1.807, 2.05) is 37.4 Å². The van der Waals surface area contributed by atoms with E-state index in [2.05, 4.69) is 10.2 Å². The van der Waals surface area contributed by atoms with Crippen LogP contribution in [-0.2, 0) is 11.7 Å².